The van der Waals surface area contributed by atoms with Gasteiger partial charge in [-0.1, -0.05) is 31.0 Å². The molecule has 2 aromatic carbocycles. The van der Waals surface area contributed by atoms with E-state index < -0.39 is 11.9 Å². The molecule has 0 saturated carbocycles. The van der Waals surface area contributed by atoms with Gasteiger partial charge in [0, 0.05) is 36.0 Å². The minimum absolute atomic E-state index is 0.0430. The van der Waals surface area contributed by atoms with E-state index in [2.05, 4.69) is 15.6 Å². The van der Waals surface area contributed by atoms with Gasteiger partial charge >= 0.3 is 6.09 Å². The molecule has 11 heteroatoms. The number of carbonyl (C=O) groups excluding carboxylic acids is 3. The summed E-state index contributed by atoms with van der Waals surface area (Å²) < 4.78 is 25.1. The van der Waals surface area contributed by atoms with E-state index in [1.807, 2.05) is 19.1 Å². The number of nitrogens with one attached hydrogen (secondary N) is 2. The molecule has 3 heterocycles. The molecule has 0 aliphatic carbocycles. The predicted octanol–water partition coefficient (Wildman–Crippen LogP) is 6.84. The molecule has 43 heavy (non-hydrogen) atoms. The van der Waals surface area contributed by atoms with Crippen molar-refractivity contribution >= 4 is 46.5 Å². The molecule has 2 unspecified atom stereocenters. The zero-order valence-corrected chi connectivity index (χ0v) is 24.8. The fourth-order valence-corrected chi connectivity index (χ4v) is 5.73. The first-order valence-electron chi connectivity index (χ1n) is 14.0. The van der Waals surface area contributed by atoms with Crippen LogP contribution in [0.1, 0.15) is 49.9 Å². The van der Waals surface area contributed by atoms with Crippen LogP contribution in [-0.4, -0.2) is 48.6 Å². The third-order valence-electron chi connectivity index (χ3n) is 7.88. The molecule has 9 nitrogen and oxygen atoms in total. The number of rotatable bonds is 4. The third-order valence-corrected chi connectivity index (χ3v) is 8.17. The van der Waals surface area contributed by atoms with Crippen molar-refractivity contribution in [2.45, 2.75) is 38.6 Å². The van der Waals surface area contributed by atoms with Crippen LogP contribution in [0.15, 0.2) is 54.7 Å². The Bertz CT molecular complexity index is 1610. The molecule has 0 fully saturated rings. The van der Waals surface area contributed by atoms with Gasteiger partial charge in [0.15, 0.2) is 5.82 Å². The highest BCUT2D eigenvalue weighted by atomic mass is 35.5. The SMILES string of the molecule is COC(=O)Nc1ccc2c(c1)NC(=O)C(C)CCCC(N1CCC(c3c(OC)ccc(Cl)c3F)=CC1=O)c1cc-2ccn1. The second-order valence-electron chi connectivity index (χ2n) is 10.6. The highest BCUT2D eigenvalue weighted by Crippen LogP contribution is 2.39. The monoisotopic (exact) mass is 606 g/mol. The fourth-order valence-electron chi connectivity index (χ4n) is 5.58. The van der Waals surface area contributed by atoms with Gasteiger partial charge in [-0.05, 0) is 66.8 Å². The Labute approximate surface area is 254 Å². The summed E-state index contributed by atoms with van der Waals surface area (Å²) >= 11 is 6.06. The molecular formula is C32H32ClFN4O5. The van der Waals surface area contributed by atoms with Crippen LogP contribution in [0.4, 0.5) is 20.6 Å². The number of benzene rings is 2. The molecule has 2 aliphatic heterocycles. The first-order chi connectivity index (χ1) is 20.7. The first kappa shape index (κ1) is 30.0. The minimum Gasteiger partial charge on any atom is -0.496 e. The maximum Gasteiger partial charge on any atom is 0.411 e. The zero-order valence-electron chi connectivity index (χ0n) is 24.1. The molecule has 0 spiro atoms. The van der Waals surface area contributed by atoms with Crippen molar-refractivity contribution in [1.82, 2.24) is 9.88 Å². The van der Waals surface area contributed by atoms with Crippen LogP contribution >= 0.6 is 11.6 Å². The quantitative estimate of drug-likeness (QED) is 0.336. The van der Waals surface area contributed by atoms with Gasteiger partial charge in [0.2, 0.25) is 11.8 Å². The smallest absolute Gasteiger partial charge is 0.411 e. The average molecular weight is 607 g/mol. The summed E-state index contributed by atoms with van der Waals surface area (Å²) in [6.45, 7) is 2.20. The summed E-state index contributed by atoms with van der Waals surface area (Å²) in [5, 5.41) is 5.60. The van der Waals surface area contributed by atoms with Crippen molar-refractivity contribution in [2.75, 3.05) is 31.4 Å². The van der Waals surface area contributed by atoms with Crippen LogP contribution in [0.2, 0.25) is 5.02 Å². The summed E-state index contributed by atoms with van der Waals surface area (Å²) in [5.74, 6) is -1.03. The predicted molar refractivity (Wildman–Crippen MR) is 162 cm³/mol. The van der Waals surface area contributed by atoms with Gasteiger partial charge in [0.1, 0.15) is 5.75 Å². The molecule has 1 aromatic heterocycles. The van der Waals surface area contributed by atoms with Crippen molar-refractivity contribution in [3.63, 3.8) is 0 Å². The van der Waals surface area contributed by atoms with E-state index >= 15 is 4.39 Å². The van der Waals surface area contributed by atoms with E-state index in [0.29, 0.717) is 60.6 Å². The van der Waals surface area contributed by atoms with Gasteiger partial charge in [-0.3, -0.25) is 19.9 Å². The Hall–Kier alpha value is -4.44. The summed E-state index contributed by atoms with van der Waals surface area (Å²) in [4.78, 5) is 45.0. The molecular weight excluding hydrogens is 575 g/mol. The Morgan fingerprint density at radius 3 is 2.70 bits per heavy atom. The normalized spacial score (nSPS) is 18.8. The van der Waals surface area contributed by atoms with Gasteiger partial charge in [0.25, 0.3) is 0 Å². The molecule has 2 N–H and O–H groups in total. The number of hydrogen-bond donors (Lipinski definition) is 2. The Morgan fingerprint density at radius 2 is 1.95 bits per heavy atom. The number of anilines is 2. The number of ether oxygens (including phenoxy) is 2. The number of carbonyl (C=O) groups is 3. The van der Waals surface area contributed by atoms with Gasteiger partial charge in [-0.2, -0.15) is 0 Å². The molecule has 5 rings (SSSR count). The van der Waals surface area contributed by atoms with Crippen molar-refractivity contribution in [3.05, 3.63) is 76.8 Å². The Kier molecular flexibility index (Phi) is 8.96. The maximum absolute atomic E-state index is 15.1. The number of fused-ring (bicyclic) bond motifs is 4. The van der Waals surface area contributed by atoms with E-state index in [4.69, 9.17) is 21.1 Å². The summed E-state index contributed by atoms with van der Waals surface area (Å²) in [6.07, 6.45) is 4.74. The fraction of sp³-hybridized carbons (Fsp3) is 0.312. The standard InChI is InChI=1S/C32H32ClFN4O5/c1-18-5-4-6-26(38-14-12-20(16-28(38)39)29-27(42-2)10-9-23(33)30(29)34)25-15-19(11-13-35-25)22-8-7-21(36-32(41)43-3)17-24(22)37-31(18)40/h7-11,13,15-18,26H,4-6,12,14H2,1-3H3,(H,36,41)(H,37,40). The van der Waals surface area contributed by atoms with E-state index in [-0.39, 0.29) is 34.4 Å². The second kappa shape index (κ2) is 12.8. The lowest BCUT2D eigenvalue weighted by atomic mass is 9.92. The number of nitrogens with zero attached hydrogens (tertiary/aromatic N) is 2. The van der Waals surface area contributed by atoms with Crippen molar-refractivity contribution in [2.24, 2.45) is 5.92 Å². The van der Waals surface area contributed by atoms with Crippen LogP contribution < -0.4 is 15.4 Å². The lowest BCUT2D eigenvalue weighted by Gasteiger charge is -2.35. The number of halogens is 2. The van der Waals surface area contributed by atoms with Gasteiger partial charge in [0.05, 0.1) is 42.2 Å². The highest BCUT2D eigenvalue weighted by Gasteiger charge is 2.31. The minimum atomic E-state index is -0.623. The molecule has 2 aliphatic rings. The van der Waals surface area contributed by atoms with Crippen molar-refractivity contribution in [3.8, 4) is 16.9 Å². The maximum atomic E-state index is 15.1. The number of pyridine rings is 1. The van der Waals surface area contributed by atoms with Crippen molar-refractivity contribution < 1.29 is 28.2 Å². The van der Waals surface area contributed by atoms with Gasteiger partial charge < -0.3 is 19.7 Å². The first-order valence-corrected chi connectivity index (χ1v) is 14.4. The third kappa shape index (κ3) is 6.34. The summed E-state index contributed by atoms with van der Waals surface area (Å²) in [6, 6.07) is 11.6. The molecule has 0 radical (unpaired) electrons. The number of amides is 3. The second-order valence-corrected chi connectivity index (χ2v) is 11.0. The van der Waals surface area contributed by atoms with Gasteiger partial charge in [-0.25, -0.2) is 9.18 Å². The van der Waals surface area contributed by atoms with Crippen LogP contribution in [0.25, 0.3) is 16.7 Å². The zero-order chi connectivity index (χ0) is 30.7. The van der Waals surface area contributed by atoms with Crippen LogP contribution in [-0.2, 0) is 14.3 Å². The van der Waals surface area contributed by atoms with E-state index in [9.17, 15) is 14.4 Å². The van der Waals surface area contributed by atoms with Crippen molar-refractivity contribution in [1.29, 1.82) is 0 Å². The molecule has 3 amide bonds. The molecule has 3 aromatic rings. The van der Waals surface area contributed by atoms with Crippen LogP contribution in [0.5, 0.6) is 5.75 Å². The topological polar surface area (TPSA) is 110 Å². The van der Waals surface area contributed by atoms with E-state index in [0.717, 1.165) is 11.1 Å². The lowest BCUT2D eigenvalue weighted by molar-refractivity contribution is -0.129. The lowest BCUT2D eigenvalue weighted by Crippen LogP contribution is -2.38. The molecule has 224 valence electrons. The summed E-state index contributed by atoms with van der Waals surface area (Å²) in [5.41, 5.74) is 3.93. The molecule has 0 saturated heterocycles. The van der Waals surface area contributed by atoms with Crippen LogP contribution in [0.3, 0.4) is 0 Å². The Morgan fingerprint density at radius 1 is 1.14 bits per heavy atom. The van der Waals surface area contributed by atoms with E-state index in [1.165, 1.54) is 26.4 Å². The number of hydrogen-bond acceptors (Lipinski definition) is 6. The highest BCUT2D eigenvalue weighted by molar-refractivity contribution is 6.31. The molecule has 2 atom stereocenters. The summed E-state index contributed by atoms with van der Waals surface area (Å²) in [7, 11) is 2.72. The van der Waals surface area contributed by atoms with Crippen LogP contribution in [0, 0.1) is 11.7 Å². The van der Waals surface area contributed by atoms with Gasteiger partial charge in [-0.15, -0.1) is 0 Å². The molecule has 2 bridgehead atoms. The van der Waals surface area contributed by atoms with E-state index in [1.54, 1.807) is 35.4 Å². The number of methoxy groups -OCH3 is 2. The average Bonchev–Trinajstić information content (AvgIpc) is 3.00. The Balaban J connectivity index is 1.52. The largest absolute Gasteiger partial charge is 0.496 e. The number of aromatic nitrogens is 1.